The van der Waals surface area contributed by atoms with Gasteiger partial charge in [-0.3, -0.25) is 4.79 Å². The minimum Gasteiger partial charge on any atom is -0.493 e. The lowest BCUT2D eigenvalue weighted by Gasteiger charge is -2.12. The average Bonchev–Trinajstić information content (AvgIpc) is 3.24. The summed E-state index contributed by atoms with van der Waals surface area (Å²) in [6.45, 7) is 1.73. The van der Waals surface area contributed by atoms with E-state index in [0.29, 0.717) is 34.2 Å². The predicted molar refractivity (Wildman–Crippen MR) is 106 cm³/mol. The lowest BCUT2D eigenvalue weighted by atomic mass is 10.1. The molecule has 0 bridgehead atoms. The van der Waals surface area contributed by atoms with Gasteiger partial charge in [-0.05, 0) is 36.8 Å². The van der Waals surface area contributed by atoms with Crippen molar-refractivity contribution in [2.45, 2.75) is 19.4 Å². The lowest BCUT2D eigenvalue weighted by Crippen LogP contribution is -2.28. The third-order valence-electron chi connectivity index (χ3n) is 4.39. The Balaban J connectivity index is 1.74. The van der Waals surface area contributed by atoms with E-state index in [9.17, 15) is 9.18 Å². The highest BCUT2D eigenvalue weighted by Gasteiger charge is 2.20. The highest BCUT2D eigenvalue weighted by molar-refractivity contribution is 5.78. The normalized spacial score (nSPS) is 11.6. The van der Waals surface area contributed by atoms with E-state index >= 15 is 0 Å². The first-order valence-corrected chi connectivity index (χ1v) is 9.13. The number of rotatable bonds is 8. The second-order valence-electron chi connectivity index (χ2n) is 6.46. The van der Waals surface area contributed by atoms with E-state index in [0.717, 1.165) is 0 Å². The molecule has 158 valence electrons. The molecule has 0 unspecified atom stereocenters. The van der Waals surface area contributed by atoms with Crippen molar-refractivity contribution in [2.75, 3.05) is 21.3 Å². The second-order valence-corrected chi connectivity index (χ2v) is 6.46. The average molecular weight is 415 g/mol. The van der Waals surface area contributed by atoms with E-state index in [4.69, 9.17) is 18.7 Å². The lowest BCUT2D eigenvalue weighted by molar-refractivity contribution is -0.121. The number of hydrogen-bond acceptors (Lipinski definition) is 7. The van der Waals surface area contributed by atoms with Gasteiger partial charge in [-0.1, -0.05) is 17.3 Å². The summed E-state index contributed by atoms with van der Waals surface area (Å²) in [5.41, 5.74) is 1.30. The molecule has 3 aromatic rings. The Labute approximate surface area is 173 Å². The zero-order valence-electron chi connectivity index (χ0n) is 17.1. The number of amides is 1. The van der Waals surface area contributed by atoms with E-state index in [1.54, 1.807) is 31.2 Å². The number of hydrogen-bond donors (Lipinski definition) is 1. The number of nitrogens with one attached hydrogen (secondary N) is 1. The maximum absolute atomic E-state index is 13.0. The Morgan fingerprint density at radius 2 is 1.73 bits per heavy atom. The summed E-state index contributed by atoms with van der Waals surface area (Å²) in [6, 6.07) is 8.65. The van der Waals surface area contributed by atoms with Crippen molar-refractivity contribution in [3.63, 3.8) is 0 Å². The van der Waals surface area contributed by atoms with Crippen molar-refractivity contribution in [2.24, 2.45) is 0 Å². The third kappa shape index (κ3) is 4.68. The van der Waals surface area contributed by atoms with Gasteiger partial charge in [-0.25, -0.2) is 4.39 Å². The van der Waals surface area contributed by atoms with Gasteiger partial charge >= 0.3 is 0 Å². The monoisotopic (exact) mass is 415 g/mol. The summed E-state index contributed by atoms with van der Waals surface area (Å²) in [7, 11) is 4.55. The number of aromatic nitrogens is 2. The van der Waals surface area contributed by atoms with Gasteiger partial charge in [0.1, 0.15) is 11.9 Å². The molecule has 0 radical (unpaired) electrons. The van der Waals surface area contributed by atoms with Gasteiger partial charge < -0.3 is 24.1 Å². The first-order valence-electron chi connectivity index (χ1n) is 9.13. The summed E-state index contributed by atoms with van der Waals surface area (Å²) >= 11 is 0. The Hall–Kier alpha value is -3.62. The van der Waals surface area contributed by atoms with Crippen LogP contribution < -0.4 is 19.5 Å². The second kappa shape index (κ2) is 9.25. The van der Waals surface area contributed by atoms with E-state index in [-0.39, 0.29) is 24.0 Å². The molecule has 30 heavy (non-hydrogen) atoms. The molecule has 8 nitrogen and oxygen atoms in total. The molecule has 1 amide bonds. The van der Waals surface area contributed by atoms with Crippen LogP contribution in [0.4, 0.5) is 4.39 Å². The molecular weight excluding hydrogens is 393 g/mol. The molecule has 0 saturated heterocycles. The van der Waals surface area contributed by atoms with Crippen LogP contribution in [0, 0.1) is 5.82 Å². The molecule has 9 heteroatoms. The first kappa shape index (κ1) is 21.1. The van der Waals surface area contributed by atoms with Gasteiger partial charge in [0.25, 0.3) is 0 Å². The van der Waals surface area contributed by atoms with Crippen molar-refractivity contribution in [1.82, 2.24) is 15.5 Å². The summed E-state index contributed by atoms with van der Waals surface area (Å²) in [5.74, 6) is 1.32. The van der Waals surface area contributed by atoms with Crippen LogP contribution in [0.1, 0.15) is 24.4 Å². The van der Waals surface area contributed by atoms with E-state index in [1.807, 2.05) is 0 Å². The smallest absolute Gasteiger partial charge is 0.249 e. The van der Waals surface area contributed by atoms with Crippen LogP contribution >= 0.6 is 0 Å². The largest absolute Gasteiger partial charge is 0.493 e. The number of benzene rings is 2. The number of carbonyl (C=O) groups is 1. The zero-order valence-corrected chi connectivity index (χ0v) is 17.1. The molecule has 1 N–H and O–H groups in total. The van der Waals surface area contributed by atoms with Gasteiger partial charge in [-0.2, -0.15) is 4.98 Å². The molecule has 0 aliphatic rings. The number of nitrogens with zero attached hydrogens (tertiary/aromatic N) is 2. The summed E-state index contributed by atoms with van der Waals surface area (Å²) in [6.07, 6.45) is 0.110. The van der Waals surface area contributed by atoms with Crippen LogP contribution in [-0.4, -0.2) is 37.4 Å². The van der Waals surface area contributed by atoms with E-state index in [2.05, 4.69) is 15.5 Å². The molecule has 1 heterocycles. The molecular formula is C21H22FN3O5. The first-order chi connectivity index (χ1) is 14.4. The molecule has 3 rings (SSSR count). The highest BCUT2D eigenvalue weighted by Crippen LogP contribution is 2.40. The molecule has 1 atom stereocenters. The Morgan fingerprint density at radius 3 is 2.30 bits per heavy atom. The Bertz CT molecular complexity index is 995. The fourth-order valence-electron chi connectivity index (χ4n) is 2.88. The molecule has 0 aliphatic carbocycles. The van der Waals surface area contributed by atoms with Crippen molar-refractivity contribution >= 4 is 5.91 Å². The molecule has 0 fully saturated rings. The van der Waals surface area contributed by atoms with Gasteiger partial charge in [0.2, 0.25) is 23.4 Å². The summed E-state index contributed by atoms with van der Waals surface area (Å²) < 4.78 is 34.3. The Kier molecular flexibility index (Phi) is 6.51. The minimum atomic E-state index is -0.513. The van der Waals surface area contributed by atoms with Crippen LogP contribution in [0.25, 0.3) is 11.4 Å². The minimum absolute atomic E-state index is 0.110. The molecule has 0 aliphatic heterocycles. The molecule has 1 aromatic heterocycles. The standard InChI is InChI=1S/C21H22FN3O5/c1-12(23-18(26)9-13-5-7-15(22)8-6-13)21-24-20(25-30-21)14-10-16(27-2)19(29-4)17(11-14)28-3/h5-8,10-12H,9H2,1-4H3,(H,23,26)/t12-/m0/s1. The number of ether oxygens (including phenoxy) is 3. The van der Waals surface area contributed by atoms with Crippen LogP contribution in [0.15, 0.2) is 40.9 Å². The van der Waals surface area contributed by atoms with Crippen LogP contribution in [-0.2, 0) is 11.2 Å². The van der Waals surface area contributed by atoms with Crippen molar-refractivity contribution in [1.29, 1.82) is 0 Å². The van der Waals surface area contributed by atoms with Crippen molar-refractivity contribution in [3.8, 4) is 28.6 Å². The van der Waals surface area contributed by atoms with Crippen LogP contribution in [0.2, 0.25) is 0 Å². The quantitative estimate of drug-likeness (QED) is 0.603. The topological polar surface area (TPSA) is 95.7 Å². The molecule has 2 aromatic carbocycles. The SMILES string of the molecule is COc1cc(-c2noc([C@H](C)NC(=O)Cc3ccc(F)cc3)n2)cc(OC)c1OC. The van der Waals surface area contributed by atoms with E-state index < -0.39 is 6.04 Å². The number of halogens is 1. The Morgan fingerprint density at radius 1 is 1.10 bits per heavy atom. The number of carbonyl (C=O) groups excluding carboxylic acids is 1. The fraction of sp³-hybridized carbons (Fsp3) is 0.286. The zero-order chi connectivity index (χ0) is 21.7. The molecule has 0 saturated carbocycles. The van der Waals surface area contributed by atoms with Gasteiger partial charge in [-0.15, -0.1) is 0 Å². The number of methoxy groups -OCH3 is 3. The third-order valence-corrected chi connectivity index (χ3v) is 4.39. The van der Waals surface area contributed by atoms with E-state index in [1.165, 1.54) is 33.5 Å². The fourth-order valence-corrected chi connectivity index (χ4v) is 2.88. The molecule has 0 spiro atoms. The maximum atomic E-state index is 13.0. The maximum Gasteiger partial charge on any atom is 0.249 e. The van der Waals surface area contributed by atoms with Crippen molar-refractivity contribution in [3.05, 3.63) is 53.7 Å². The van der Waals surface area contributed by atoms with Crippen molar-refractivity contribution < 1.29 is 27.9 Å². The van der Waals surface area contributed by atoms with Gasteiger partial charge in [0, 0.05) is 5.56 Å². The summed E-state index contributed by atoms with van der Waals surface area (Å²) in [5, 5.41) is 6.77. The van der Waals surface area contributed by atoms with Gasteiger partial charge in [0.05, 0.1) is 27.8 Å². The van der Waals surface area contributed by atoms with Crippen LogP contribution in [0.5, 0.6) is 17.2 Å². The summed E-state index contributed by atoms with van der Waals surface area (Å²) in [4.78, 5) is 16.6. The predicted octanol–water partition coefficient (Wildman–Crippen LogP) is 3.32. The van der Waals surface area contributed by atoms with Crippen LogP contribution in [0.3, 0.4) is 0 Å². The van der Waals surface area contributed by atoms with Gasteiger partial charge in [0.15, 0.2) is 11.5 Å². The highest BCUT2D eigenvalue weighted by atomic mass is 19.1.